The molecule has 1 heterocycles. The second-order valence-corrected chi connectivity index (χ2v) is 4.73. The van der Waals surface area contributed by atoms with Gasteiger partial charge in [-0.25, -0.2) is 0 Å². The van der Waals surface area contributed by atoms with Crippen LogP contribution in [0.15, 0.2) is 28.7 Å². The zero-order valence-corrected chi connectivity index (χ0v) is 11.1. The highest BCUT2D eigenvalue weighted by Crippen LogP contribution is 2.19. The number of hydrogen-bond donors (Lipinski definition) is 2. The second-order valence-electron chi connectivity index (χ2n) is 3.87. The lowest BCUT2D eigenvalue weighted by molar-refractivity contribution is 0.102. The van der Waals surface area contributed by atoms with Crippen LogP contribution in [0.4, 0.5) is 5.82 Å². The van der Waals surface area contributed by atoms with Crippen LogP contribution in [0.1, 0.15) is 21.6 Å². The van der Waals surface area contributed by atoms with Crippen molar-refractivity contribution in [1.29, 1.82) is 0 Å². The molecule has 0 aliphatic heterocycles. The van der Waals surface area contributed by atoms with E-state index >= 15 is 0 Å². The highest BCUT2D eigenvalue weighted by Gasteiger charge is 2.11. The zero-order valence-electron chi connectivity index (χ0n) is 9.54. The number of halogens is 1. The standard InChI is InChI=1S/C12H12BrN3O/c1-7-3-4-9(10(13)5-7)12(17)14-11-6-8(2)15-16-11/h3-6H,1-2H3,(H2,14,15,16,17). The third kappa shape index (κ3) is 2.74. The van der Waals surface area contributed by atoms with Crippen molar-refractivity contribution in [2.24, 2.45) is 0 Å². The fourth-order valence-electron chi connectivity index (χ4n) is 1.47. The van der Waals surface area contributed by atoms with Crippen molar-refractivity contribution in [3.63, 3.8) is 0 Å². The fourth-order valence-corrected chi connectivity index (χ4v) is 2.14. The fraction of sp³-hybridized carbons (Fsp3) is 0.167. The molecule has 1 amide bonds. The SMILES string of the molecule is Cc1ccc(C(=O)Nc2cc(C)[nH]n2)c(Br)c1. The maximum atomic E-state index is 12.0. The average Bonchev–Trinajstić information content (AvgIpc) is 2.63. The number of anilines is 1. The van der Waals surface area contributed by atoms with Crippen molar-refractivity contribution in [2.75, 3.05) is 5.32 Å². The Morgan fingerprint density at radius 2 is 2.12 bits per heavy atom. The van der Waals surface area contributed by atoms with E-state index in [0.29, 0.717) is 11.4 Å². The van der Waals surface area contributed by atoms with Crippen molar-refractivity contribution in [2.45, 2.75) is 13.8 Å². The molecule has 17 heavy (non-hydrogen) atoms. The zero-order chi connectivity index (χ0) is 12.4. The molecule has 88 valence electrons. The Hall–Kier alpha value is -1.62. The van der Waals surface area contributed by atoms with E-state index < -0.39 is 0 Å². The molecule has 0 fully saturated rings. The van der Waals surface area contributed by atoms with E-state index in [9.17, 15) is 4.79 Å². The monoisotopic (exact) mass is 293 g/mol. The quantitative estimate of drug-likeness (QED) is 0.894. The van der Waals surface area contributed by atoms with Crippen LogP contribution in [0, 0.1) is 13.8 Å². The van der Waals surface area contributed by atoms with Gasteiger partial charge in [-0.2, -0.15) is 5.10 Å². The molecule has 0 saturated heterocycles. The first-order chi connectivity index (χ1) is 8.06. The topological polar surface area (TPSA) is 57.8 Å². The number of aryl methyl sites for hydroxylation is 2. The van der Waals surface area contributed by atoms with Crippen molar-refractivity contribution in [3.05, 3.63) is 45.6 Å². The number of carbonyl (C=O) groups is 1. The average molecular weight is 294 g/mol. The van der Waals surface area contributed by atoms with Gasteiger partial charge in [0.15, 0.2) is 5.82 Å². The van der Waals surface area contributed by atoms with E-state index in [1.54, 1.807) is 12.1 Å². The summed E-state index contributed by atoms with van der Waals surface area (Å²) in [5, 5.41) is 9.46. The first-order valence-electron chi connectivity index (χ1n) is 5.16. The van der Waals surface area contributed by atoms with Gasteiger partial charge in [-0.05, 0) is 47.5 Å². The Labute approximate surface area is 108 Å². The van der Waals surface area contributed by atoms with Crippen LogP contribution in [0.25, 0.3) is 0 Å². The lowest BCUT2D eigenvalue weighted by atomic mass is 10.1. The van der Waals surface area contributed by atoms with Gasteiger partial charge in [0, 0.05) is 16.2 Å². The maximum Gasteiger partial charge on any atom is 0.258 e. The molecule has 2 aromatic rings. The molecule has 0 aliphatic rings. The molecule has 0 atom stereocenters. The first kappa shape index (κ1) is 11.9. The molecule has 0 unspecified atom stereocenters. The third-order valence-electron chi connectivity index (χ3n) is 2.32. The summed E-state index contributed by atoms with van der Waals surface area (Å²) >= 11 is 3.38. The largest absolute Gasteiger partial charge is 0.305 e. The molecule has 0 saturated carbocycles. The smallest absolute Gasteiger partial charge is 0.258 e. The molecule has 0 aliphatic carbocycles. The number of H-pyrrole nitrogens is 1. The summed E-state index contributed by atoms with van der Waals surface area (Å²) in [4.78, 5) is 12.0. The molecular formula is C12H12BrN3O. The minimum absolute atomic E-state index is 0.177. The summed E-state index contributed by atoms with van der Waals surface area (Å²) in [7, 11) is 0. The van der Waals surface area contributed by atoms with Gasteiger partial charge < -0.3 is 5.32 Å². The van der Waals surface area contributed by atoms with Gasteiger partial charge in [0.05, 0.1) is 5.56 Å². The molecule has 0 radical (unpaired) electrons. The summed E-state index contributed by atoms with van der Waals surface area (Å²) in [6.45, 7) is 3.86. The Morgan fingerprint density at radius 1 is 1.35 bits per heavy atom. The van der Waals surface area contributed by atoms with Gasteiger partial charge in [-0.1, -0.05) is 6.07 Å². The highest BCUT2D eigenvalue weighted by atomic mass is 79.9. The molecule has 2 N–H and O–H groups in total. The Bertz CT molecular complexity index is 563. The summed E-state index contributed by atoms with van der Waals surface area (Å²) < 4.78 is 0.780. The van der Waals surface area contributed by atoms with Gasteiger partial charge in [-0.3, -0.25) is 9.89 Å². The van der Waals surface area contributed by atoms with E-state index in [0.717, 1.165) is 15.7 Å². The van der Waals surface area contributed by atoms with Gasteiger partial charge in [0.1, 0.15) is 0 Å². The van der Waals surface area contributed by atoms with Crippen molar-refractivity contribution in [1.82, 2.24) is 10.2 Å². The van der Waals surface area contributed by atoms with E-state index in [4.69, 9.17) is 0 Å². The van der Waals surface area contributed by atoms with Crippen LogP contribution in [0.3, 0.4) is 0 Å². The summed E-state index contributed by atoms with van der Waals surface area (Å²) in [5.41, 5.74) is 2.60. The molecule has 4 nitrogen and oxygen atoms in total. The Balaban J connectivity index is 2.20. The third-order valence-corrected chi connectivity index (χ3v) is 2.97. The van der Waals surface area contributed by atoms with Crippen LogP contribution in [0.2, 0.25) is 0 Å². The van der Waals surface area contributed by atoms with Crippen LogP contribution in [-0.4, -0.2) is 16.1 Å². The summed E-state index contributed by atoms with van der Waals surface area (Å²) in [5.74, 6) is 0.350. The second kappa shape index (κ2) is 4.71. The minimum atomic E-state index is -0.177. The molecule has 2 rings (SSSR count). The number of aromatic nitrogens is 2. The Morgan fingerprint density at radius 3 is 2.71 bits per heavy atom. The number of aromatic amines is 1. The number of hydrogen-bond acceptors (Lipinski definition) is 2. The van der Waals surface area contributed by atoms with Gasteiger partial charge in [-0.15, -0.1) is 0 Å². The number of nitrogens with one attached hydrogen (secondary N) is 2. The Kier molecular flexibility index (Phi) is 3.28. The van der Waals surface area contributed by atoms with Crippen LogP contribution in [0.5, 0.6) is 0 Å². The number of nitrogens with zero attached hydrogens (tertiary/aromatic N) is 1. The maximum absolute atomic E-state index is 12.0. The van der Waals surface area contributed by atoms with Crippen molar-refractivity contribution >= 4 is 27.7 Å². The number of carbonyl (C=O) groups excluding carboxylic acids is 1. The minimum Gasteiger partial charge on any atom is -0.305 e. The van der Waals surface area contributed by atoms with Gasteiger partial charge in [0.25, 0.3) is 5.91 Å². The van der Waals surface area contributed by atoms with Crippen molar-refractivity contribution < 1.29 is 4.79 Å². The van der Waals surface area contributed by atoms with E-state index in [-0.39, 0.29) is 5.91 Å². The van der Waals surface area contributed by atoms with Crippen LogP contribution >= 0.6 is 15.9 Å². The molecule has 0 spiro atoms. The normalized spacial score (nSPS) is 10.3. The molecule has 1 aromatic heterocycles. The highest BCUT2D eigenvalue weighted by molar-refractivity contribution is 9.10. The number of amides is 1. The molecule has 0 bridgehead atoms. The predicted octanol–water partition coefficient (Wildman–Crippen LogP) is 3.04. The first-order valence-corrected chi connectivity index (χ1v) is 5.95. The summed E-state index contributed by atoms with van der Waals surface area (Å²) in [6.07, 6.45) is 0. The van der Waals surface area contributed by atoms with Gasteiger partial charge >= 0.3 is 0 Å². The predicted molar refractivity (Wildman–Crippen MR) is 70.2 cm³/mol. The molecular weight excluding hydrogens is 282 g/mol. The number of rotatable bonds is 2. The molecule has 1 aromatic carbocycles. The van der Waals surface area contributed by atoms with E-state index in [2.05, 4.69) is 31.4 Å². The van der Waals surface area contributed by atoms with E-state index in [1.165, 1.54) is 0 Å². The number of benzene rings is 1. The van der Waals surface area contributed by atoms with E-state index in [1.807, 2.05) is 26.0 Å². The molecule has 5 heteroatoms. The van der Waals surface area contributed by atoms with Gasteiger partial charge in [0.2, 0.25) is 0 Å². The van der Waals surface area contributed by atoms with Crippen LogP contribution in [-0.2, 0) is 0 Å². The summed E-state index contributed by atoms with van der Waals surface area (Å²) in [6, 6.07) is 7.37. The lowest BCUT2D eigenvalue weighted by Crippen LogP contribution is -2.12. The van der Waals surface area contributed by atoms with Crippen molar-refractivity contribution in [3.8, 4) is 0 Å². The lowest BCUT2D eigenvalue weighted by Gasteiger charge is -2.05. The van der Waals surface area contributed by atoms with Crippen LogP contribution < -0.4 is 5.32 Å².